The van der Waals surface area contributed by atoms with Crippen molar-refractivity contribution < 1.29 is 4.74 Å². The maximum Gasteiger partial charge on any atom is 0.119 e. The van der Waals surface area contributed by atoms with Gasteiger partial charge in [-0.2, -0.15) is 0 Å². The van der Waals surface area contributed by atoms with Crippen LogP contribution in [0.15, 0.2) is 42.6 Å². The summed E-state index contributed by atoms with van der Waals surface area (Å²) in [4.78, 5) is 4.66. The van der Waals surface area contributed by atoms with Crippen LogP contribution in [-0.4, -0.2) is 11.6 Å². The Balaban J connectivity index is 1.43. The highest BCUT2D eigenvalue weighted by Gasteiger charge is 2.21. The molecule has 2 aromatic rings. The van der Waals surface area contributed by atoms with Crippen LogP contribution in [0.25, 0.3) is 11.3 Å². The number of hydrogen-bond acceptors (Lipinski definition) is 2. The molecule has 1 aromatic heterocycles. The van der Waals surface area contributed by atoms with Crippen molar-refractivity contribution in [3.05, 3.63) is 48.2 Å². The zero-order valence-corrected chi connectivity index (χ0v) is 18.5. The number of aromatic nitrogens is 1. The normalized spacial score (nSPS) is 19.2. The van der Waals surface area contributed by atoms with Crippen LogP contribution in [0.4, 0.5) is 0 Å². The van der Waals surface area contributed by atoms with Crippen molar-refractivity contribution >= 4 is 0 Å². The number of benzene rings is 1. The summed E-state index contributed by atoms with van der Waals surface area (Å²) in [6.45, 7) is 5.41. The molecular formula is C27H39NO. The Kier molecular flexibility index (Phi) is 9.05. The first-order valence-corrected chi connectivity index (χ1v) is 12.0. The number of unbranched alkanes of at least 4 members (excludes halogenated alkanes) is 3. The fourth-order valence-corrected chi connectivity index (χ4v) is 4.44. The predicted octanol–water partition coefficient (Wildman–Crippen LogP) is 7.86. The lowest BCUT2D eigenvalue weighted by Gasteiger charge is -2.28. The van der Waals surface area contributed by atoms with Crippen molar-refractivity contribution in [1.82, 2.24) is 4.98 Å². The summed E-state index contributed by atoms with van der Waals surface area (Å²) in [7, 11) is 0. The molecule has 1 saturated carbocycles. The Labute approximate surface area is 178 Å². The molecule has 0 bridgehead atoms. The molecule has 1 aliphatic carbocycles. The van der Waals surface area contributed by atoms with Crippen LogP contribution in [0, 0.1) is 11.8 Å². The molecule has 0 radical (unpaired) electrons. The van der Waals surface area contributed by atoms with Crippen molar-refractivity contribution in [2.24, 2.45) is 11.8 Å². The Morgan fingerprint density at radius 3 is 2.21 bits per heavy atom. The molecule has 1 aliphatic rings. The molecular weight excluding hydrogens is 354 g/mol. The third-order valence-electron chi connectivity index (χ3n) is 6.46. The minimum Gasteiger partial charge on any atom is -0.493 e. The average Bonchev–Trinajstić information content (AvgIpc) is 2.78. The van der Waals surface area contributed by atoms with Crippen LogP contribution in [0.2, 0.25) is 0 Å². The van der Waals surface area contributed by atoms with Gasteiger partial charge in [-0.1, -0.05) is 64.9 Å². The highest BCUT2D eigenvalue weighted by molar-refractivity contribution is 5.60. The van der Waals surface area contributed by atoms with Crippen molar-refractivity contribution in [3.8, 4) is 17.0 Å². The van der Waals surface area contributed by atoms with E-state index >= 15 is 0 Å². The van der Waals surface area contributed by atoms with E-state index in [1.807, 2.05) is 6.20 Å². The van der Waals surface area contributed by atoms with Crippen LogP contribution < -0.4 is 4.74 Å². The first kappa shape index (κ1) is 21.9. The van der Waals surface area contributed by atoms with Gasteiger partial charge in [-0.05, 0) is 73.4 Å². The number of rotatable bonds is 11. The standard InChI is InChI=1S/C27H39NO/c1-3-5-7-9-23-14-19-27(28-20-23)25-15-17-26(18-16-25)29-21-24-12-10-22(11-13-24)8-6-4-2/h14-20,22,24H,3-13,21H2,1-2H3/t22-,24-. The van der Waals surface area contributed by atoms with Gasteiger partial charge >= 0.3 is 0 Å². The largest absolute Gasteiger partial charge is 0.493 e. The van der Waals surface area contributed by atoms with Gasteiger partial charge in [0.1, 0.15) is 5.75 Å². The molecule has 2 nitrogen and oxygen atoms in total. The number of aryl methyl sites for hydroxylation is 1. The third kappa shape index (κ3) is 7.17. The summed E-state index contributed by atoms with van der Waals surface area (Å²) in [6.07, 6.45) is 16.6. The quantitative estimate of drug-likeness (QED) is 0.362. The molecule has 3 rings (SSSR count). The van der Waals surface area contributed by atoms with Crippen molar-refractivity contribution in [1.29, 1.82) is 0 Å². The van der Waals surface area contributed by atoms with Gasteiger partial charge in [0.15, 0.2) is 0 Å². The van der Waals surface area contributed by atoms with Gasteiger partial charge in [0.05, 0.1) is 12.3 Å². The zero-order chi connectivity index (χ0) is 20.3. The zero-order valence-electron chi connectivity index (χ0n) is 18.5. The molecule has 1 fully saturated rings. The molecule has 158 valence electrons. The van der Waals surface area contributed by atoms with E-state index in [2.05, 4.69) is 55.2 Å². The van der Waals surface area contributed by atoms with E-state index in [4.69, 9.17) is 4.74 Å². The summed E-state index contributed by atoms with van der Waals surface area (Å²) in [5.41, 5.74) is 3.54. The number of hydrogen-bond donors (Lipinski definition) is 0. The van der Waals surface area contributed by atoms with Gasteiger partial charge in [-0.25, -0.2) is 0 Å². The van der Waals surface area contributed by atoms with Crippen LogP contribution >= 0.6 is 0 Å². The average molecular weight is 394 g/mol. The van der Waals surface area contributed by atoms with Gasteiger partial charge in [-0.15, -0.1) is 0 Å². The summed E-state index contributed by atoms with van der Waals surface area (Å²) in [5.74, 6) is 2.68. The van der Waals surface area contributed by atoms with Crippen molar-refractivity contribution in [2.75, 3.05) is 6.61 Å². The maximum atomic E-state index is 6.11. The third-order valence-corrected chi connectivity index (χ3v) is 6.46. The fraction of sp³-hybridized carbons (Fsp3) is 0.593. The highest BCUT2D eigenvalue weighted by Crippen LogP contribution is 2.32. The van der Waals surface area contributed by atoms with Crippen LogP contribution in [-0.2, 0) is 6.42 Å². The molecule has 0 saturated heterocycles. The smallest absolute Gasteiger partial charge is 0.119 e. The molecule has 0 atom stereocenters. The molecule has 1 aromatic carbocycles. The lowest BCUT2D eigenvalue weighted by atomic mass is 9.80. The first-order valence-electron chi connectivity index (χ1n) is 12.0. The minimum atomic E-state index is 0.731. The van der Waals surface area contributed by atoms with Gasteiger partial charge in [-0.3, -0.25) is 4.98 Å². The van der Waals surface area contributed by atoms with Crippen LogP contribution in [0.3, 0.4) is 0 Å². The molecule has 0 aliphatic heterocycles. The monoisotopic (exact) mass is 393 g/mol. The topological polar surface area (TPSA) is 22.1 Å². The Morgan fingerprint density at radius 2 is 1.55 bits per heavy atom. The van der Waals surface area contributed by atoms with Gasteiger partial charge in [0.2, 0.25) is 0 Å². The molecule has 1 heterocycles. The van der Waals surface area contributed by atoms with E-state index in [9.17, 15) is 0 Å². The summed E-state index contributed by atoms with van der Waals surface area (Å²) in [5, 5.41) is 0. The molecule has 0 amide bonds. The van der Waals surface area contributed by atoms with E-state index in [0.29, 0.717) is 0 Å². The second kappa shape index (κ2) is 12.0. The van der Waals surface area contributed by atoms with E-state index < -0.39 is 0 Å². The molecule has 0 spiro atoms. The van der Waals surface area contributed by atoms with E-state index in [-0.39, 0.29) is 0 Å². The van der Waals surface area contributed by atoms with E-state index in [0.717, 1.165) is 41.9 Å². The summed E-state index contributed by atoms with van der Waals surface area (Å²) < 4.78 is 6.11. The lowest BCUT2D eigenvalue weighted by molar-refractivity contribution is 0.178. The fourth-order valence-electron chi connectivity index (χ4n) is 4.44. The minimum absolute atomic E-state index is 0.731. The van der Waals surface area contributed by atoms with Crippen LogP contribution in [0.1, 0.15) is 83.6 Å². The maximum absolute atomic E-state index is 6.11. The Bertz CT molecular complexity index is 683. The van der Waals surface area contributed by atoms with E-state index in [1.54, 1.807) is 0 Å². The highest BCUT2D eigenvalue weighted by atomic mass is 16.5. The molecule has 29 heavy (non-hydrogen) atoms. The Morgan fingerprint density at radius 1 is 0.828 bits per heavy atom. The molecule has 2 heteroatoms. The lowest BCUT2D eigenvalue weighted by Crippen LogP contribution is -2.20. The van der Waals surface area contributed by atoms with Gasteiger partial charge < -0.3 is 4.74 Å². The van der Waals surface area contributed by atoms with Crippen molar-refractivity contribution in [3.63, 3.8) is 0 Å². The van der Waals surface area contributed by atoms with Crippen LogP contribution in [0.5, 0.6) is 5.75 Å². The SMILES string of the molecule is CCCCCc1ccc(-c2ccc(OC[C@H]3CC[C@H](CCCC)CC3)cc2)nc1. The number of ether oxygens (including phenoxy) is 1. The second-order valence-corrected chi connectivity index (χ2v) is 8.87. The summed E-state index contributed by atoms with van der Waals surface area (Å²) in [6, 6.07) is 12.8. The second-order valence-electron chi connectivity index (χ2n) is 8.87. The predicted molar refractivity (Wildman–Crippen MR) is 123 cm³/mol. The van der Waals surface area contributed by atoms with Gasteiger partial charge in [0, 0.05) is 11.8 Å². The van der Waals surface area contributed by atoms with E-state index in [1.165, 1.54) is 69.8 Å². The number of nitrogens with zero attached hydrogens (tertiary/aromatic N) is 1. The van der Waals surface area contributed by atoms with Gasteiger partial charge in [0.25, 0.3) is 0 Å². The summed E-state index contributed by atoms with van der Waals surface area (Å²) >= 11 is 0. The molecule has 0 N–H and O–H groups in total. The number of pyridine rings is 1. The molecule has 0 unspecified atom stereocenters. The first-order chi connectivity index (χ1) is 14.3. The Hall–Kier alpha value is -1.83. The van der Waals surface area contributed by atoms with Crippen molar-refractivity contribution in [2.45, 2.75) is 84.5 Å².